The fourth-order valence-corrected chi connectivity index (χ4v) is 3.08. The van der Waals surface area contributed by atoms with E-state index in [1.54, 1.807) is 42.5 Å². The average molecular weight is 384 g/mol. The van der Waals surface area contributed by atoms with Crippen LogP contribution in [0.2, 0.25) is 5.02 Å². The van der Waals surface area contributed by atoms with Crippen LogP contribution in [0.25, 0.3) is 5.57 Å². The van der Waals surface area contributed by atoms with Gasteiger partial charge in [0.15, 0.2) is 0 Å². The number of amides is 3. The van der Waals surface area contributed by atoms with Gasteiger partial charge in [-0.25, -0.2) is 0 Å². The molecule has 0 fully saturated rings. The molecule has 0 saturated heterocycles. The molecular weight excluding hydrogens is 366 g/mol. The molecule has 6 nitrogen and oxygen atoms in total. The molecule has 0 saturated carbocycles. The van der Waals surface area contributed by atoms with E-state index in [1.807, 2.05) is 6.92 Å². The number of aryl methyl sites for hydroxylation is 1. The number of carbonyl (C=O) groups excluding carboxylic acids is 3. The first-order valence-electron chi connectivity index (χ1n) is 8.26. The summed E-state index contributed by atoms with van der Waals surface area (Å²) in [6.07, 6.45) is 0. The Morgan fingerprint density at radius 3 is 2.30 bits per heavy atom. The minimum Gasteiger partial charge on any atom is -0.350 e. The van der Waals surface area contributed by atoms with Gasteiger partial charge in [0, 0.05) is 30.4 Å². The Morgan fingerprint density at radius 2 is 1.70 bits per heavy atom. The molecule has 3 rings (SSSR count). The van der Waals surface area contributed by atoms with Gasteiger partial charge in [0.05, 0.1) is 5.57 Å². The lowest BCUT2D eigenvalue weighted by Crippen LogP contribution is -2.28. The number of benzene rings is 2. The summed E-state index contributed by atoms with van der Waals surface area (Å²) < 4.78 is 0. The molecule has 1 aliphatic heterocycles. The zero-order chi connectivity index (χ0) is 19.7. The van der Waals surface area contributed by atoms with Crippen LogP contribution >= 0.6 is 11.6 Å². The molecule has 138 valence electrons. The molecule has 0 bridgehead atoms. The van der Waals surface area contributed by atoms with Crippen molar-refractivity contribution in [2.24, 2.45) is 0 Å². The molecule has 27 heavy (non-hydrogen) atoms. The lowest BCUT2D eigenvalue weighted by Gasteiger charge is -2.12. The summed E-state index contributed by atoms with van der Waals surface area (Å²) in [5, 5.41) is 6.34. The normalized spacial score (nSPS) is 14.0. The first kappa shape index (κ1) is 18.7. The van der Waals surface area contributed by atoms with Crippen molar-refractivity contribution in [2.75, 3.05) is 17.7 Å². The maximum absolute atomic E-state index is 12.6. The number of nitrogens with one attached hydrogen (secondary N) is 2. The maximum Gasteiger partial charge on any atom is 0.277 e. The van der Waals surface area contributed by atoms with E-state index in [4.69, 9.17) is 11.6 Å². The monoisotopic (exact) mass is 383 g/mol. The summed E-state index contributed by atoms with van der Waals surface area (Å²) in [5.41, 5.74) is 3.23. The van der Waals surface area contributed by atoms with E-state index in [2.05, 4.69) is 10.6 Å². The van der Waals surface area contributed by atoms with E-state index in [9.17, 15) is 14.4 Å². The third kappa shape index (κ3) is 3.71. The van der Waals surface area contributed by atoms with Crippen LogP contribution in [0.4, 0.5) is 11.4 Å². The summed E-state index contributed by atoms with van der Waals surface area (Å²) in [5.74, 6) is -0.980. The number of carbonyl (C=O) groups is 3. The lowest BCUT2D eigenvalue weighted by molar-refractivity contribution is -0.135. The van der Waals surface area contributed by atoms with Crippen LogP contribution in [0.3, 0.4) is 0 Å². The van der Waals surface area contributed by atoms with Crippen LogP contribution in [0, 0.1) is 6.92 Å². The van der Waals surface area contributed by atoms with Crippen LogP contribution in [0.15, 0.2) is 48.2 Å². The Morgan fingerprint density at radius 1 is 1.04 bits per heavy atom. The second kappa shape index (κ2) is 7.25. The fraction of sp³-hybridized carbons (Fsp3) is 0.150. The molecule has 7 heteroatoms. The molecule has 2 N–H and O–H groups in total. The first-order valence-corrected chi connectivity index (χ1v) is 8.63. The number of hydrogen-bond donors (Lipinski definition) is 2. The Labute approximate surface area is 161 Å². The van der Waals surface area contributed by atoms with Crippen molar-refractivity contribution in [3.05, 3.63) is 64.3 Å². The van der Waals surface area contributed by atoms with E-state index < -0.39 is 5.91 Å². The van der Waals surface area contributed by atoms with Gasteiger partial charge in [0.1, 0.15) is 5.70 Å². The third-order valence-electron chi connectivity index (χ3n) is 4.23. The smallest absolute Gasteiger partial charge is 0.277 e. The van der Waals surface area contributed by atoms with Gasteiger partial charge >= 0.3 is 0 Å². The van der Waals surface area contributed by atoms with Gasteiger partial charge in [0.25, 0.3) is 11.8 Å². The lowest BCUT2D eigenvalue weighted by atomic mass is 10.0. The van der Waals surface area contributed by atoms with Gasteiger partial charge in [-0.3, -0.25) is 19.3 Å². The minimum absolute atomic E-state index is 0.186. The van der Waals surface area contributed by atoms with Crippen molar-refractivity contribution in [2.45, 2.75) is 13.8 Å². The fourth-order valence-electron chi connectivity index (χ4n) is 2.85. The summed E-state index contributed by atoms with van der Waals surface area (Å²) in [7, 11) is 1.44. The molecule has 0 spiro atoms. The molecule has 1 heterocycles. The van der Waals surface area contributed by atoms with Crippen molar-refractivity contribution >= 4 is 46.3 Å². The zero-order valence-corrected chi connectivity index (χ0v) is 15.8. The Kier molecular flexibility index (Phi) is 5.01. The van der Waals surface area contributed by atoms with Crippen molar-refractivity contribution in [3.63, 3.8) is 0 Å². The highest BCUT2D eigenvalue weighted by Gasteiger charge is 2.36. The topological polar surface area (TPSA) is 78.5 Å². The minimum atomic E-state index is -0.407. The second-order valence-corrected chi connectivity index (χ2v) is 6.70. The SMILES string of the molecule is CC(=O)Nc1ccc(C2=C(Nc3ccc(Cl)cc3C)C(=O)N(C)C2=O)cc1. The molecule has 1 aliphatic rings. The number of rotatable bonds is 4. The van der Waals surface area contributed by atoms with Gasteiger partial charge in [-0.15, -0.1) is 0 Å². The number of hydrogen-bond acceptors (Lipinski definition) is 4. The number of halogens is 1. The second-order valence-electron chi connectivity index (χ2n) is 6.26. The highest BCUT2D eigenvalue weighted by atomic mass is 35.5. The van der Waals surface area contributed by atoms with E-state index in [1.165, 1.54) is 14.0 Å². The standard InChI is InChI=1S/C20H18ClN3O3/c1-11-10-14(21)6-9-16(11)23-18-17(19(26)24(3)20(18)27)13-4-7-15(8-5-13)22-12(2)25/h4-10,23H,1-3H3,(H,22,25). The number of imide groups is 1. The third-order valence-corrected chi connectivity index (χ3v) is 4.46. The van der Waals surface area contributed by atoms with Crippen LogP contribution < -0.4 is 10.6 Å². The maximum atomic E-state index is 12.6. The Balaban J connectivity index is 2.03. The van der Waals surface area contributed by atoms with Gasteiger partial charge < -0.3 is 10.6 Å². The molecule has 0 aromatic heterocycles. The van der Waals surface area contributed by atoms with Gasteiger partial charge in [-0.2, -0.15) is 0 Å². The van der Waals surface area contributed by atoms with Crippen molar-refractivity contribution in [3.8, 4) is 0 Å². The highest BCUT2D eigenvalue weighted by molar-refractivity contribution is 6.36. The highest BCUT2D eigenvalue weighted by Crippen LogP contribution is 2.31. The molecule has 0 aliphatic carbocycles. The van der Waals surface area contributed by atoms with Crippen LogP contribution in [0.1, 0.15) is 18.1 Å². The van der Waals surface area contributed by atoms with E-state index in [-0.39, 0.29) is 23.1 Å². The van der Waals surface area contributed by atoms with Crippen LogP contribution in [-0.4, -0.2) is 29.7 Å². The molecular formula is C20H18ClN3O3. The van der Waals surface area contributed by atoms with E-state index in [0.29, 0.717) is 22.0 Å². The Hall–Kier alpha value is -3.12. The molecule has 0 radical (unpaired) electrons. The first-order chi connectivity index (χ1) is 12.8. The average Bonchev–Trinajstić information content (AvgIpc) is 2.82. The zero-order valence-electron chi connectivity index (χ0n) is 15.1. The molecule has 2 aromatic rings. The summed E-state index contributed by atoms with van der Waals surface area (Å²) in [6.45, 7) is 3.28. The molecule has 2 aromatic carbocycles. The van der Waals surface area contributed by atoms with Crippen molar-refractivity contribution < 1.29 is 14.4 Å². The number of nitrogens with zero attached hydrogens (tertiary/aromatic N) is 1. The van der Waals surface area contributed by atoms with Crippen LogP contribution in [-0.2, 0) is 14.4 Å². The Bertz CT molecular complexity index is 980. The molecule has 0 atom stereocenters. The quantitative estimate of drug-likeness (QED) is 0.793. The van der Waals surface area contributed by atoms with Crippen LogP contribution in [0.5, 0.6) is 0 Å². The van der Waals surface area contributed by atoms with E-state index in [0.717, 1.165) is 10.5 Å². The summed E-state index contributed by atoms with van der Waals surface area (Å²) in [6, 6.07) is 12.0. The van der Waals surface area contributed by atoms with E-state index >= 15 is 0 Å². The van der Waals surface area contributed by atoms with Gasteiger partial charge in [0.2, 0.25) is 5.91 Å². The van der Waals surface area contributed by atoms with Crippen molar-refractivity contribution in [1.29, 1.82) is 0 Å². The predicted octanol–water partition coefficient (Wildman–Crippen LogP) is 3.43. The number of anilines is 2. The van der Waals surface area contributed by atoms with Crippen molar-refractivity contribution in [1.82, 2.24) is 4.90 Å². The molecule has 0 unspecified atom stereocenters. The summed E-state index contributed by atoms with van der Waals surface area (Å²) in [4.78, 5) is 37.5. The predicted molar refractivity (Wildman–Crippen MR) is 105 cm³/mol. The molecule has 3 amide bonds. The summed E-state index contributed by atoms with van der Waals surface area (Å²) >= 11 is 5.98. The van der Waals surface area contributed by atoms with Gasteiger partial charge in [-0.1, -0.05) is 23.7 Å². The number of likely N-dealkylation sites (N-methyl/N-ethyl adjacent to an activating group) is 1. The largest absolute Gasteiger partial charge is 0.350 e. The van der Waals surface area contributed by atoms with Gasteiger partial charge in [-0.05, 0) is 48.4 Å².